The number of amides is 2. The number of esters is 1. The van der Waals surface area contributed by atoms with Crippen molar-refractivity contribution in [2.75, 3.05) is 12.0 Å². The number of fused-ring (bicyclic) bond motifs is 1. The molecule has 0 saturated carbocycles. The topological polar surface area (TPSA) is 72.9 Å². The first kappa shape index (κ1) is 29.1. The van der Waals surface area contributed by atoms with Crippen LogP contribution in [0.3, 0.4) is 0 Å². The predicted molar refractivity (Wildman–Crippen MR) is 158 cm³/mol. The summed E-state index contributed by atoms with van der Waals surface area (Å²) in [6.45, 7) is 9.25. The van der Waals surface area contributed by atoms with Gasteiger partial charge in [-0.15, -0.1) is 0 Å². The fraction of sp³-hybridized carbons (Fsp3) is 0.219. The van der Waals surface area contributed by atoms with E-state index in [2.05, 4.69) is 6.58 Å². The minimum absolute atomic E-state index is 0.174. The Morgan fingerprint density at radius 3 is 2.23 bits per heavy atom. The molecule has 0 bridgehead atoms. The monoisotopic (exact) mass is 577 g/mol. The third-order valence-corrected chi connectivity index (χ3v) is 7.19. The zero-order chi connectivity index (χ0) is 29.2. The molecule has 40 heavy (non-hydrogen) atoms. The van der Waals surface area contributed by atoms with Crippen molar-refractivity contribution in [2.45, 2.75) is 38.7 Å². The minimum atomic E-state index is -0.807. The number of allylic oxidation sites excluding steroid dienone is 1. The number of carbonyl (C=O) groups is 3. The van der Waals surface area contributed by atoms with Gasteiger partial charge in [-0.05, 0) is 62.1 Å². The lowest BCUT2D eigenvalue weighted by Gasteiger charge is -2.24. The van der Waals surface area contributed by atoms with Gasteiger partial charge in [0.1, 0.15) is 5.60 Å². The first-order valence-corrected chi connectivity index (χ1v) is 13.4. The van der Waals surface area contributed by atoms with E-state index < -0.39 is 29.5 Å². The molecule has 1 aliphatic heterocycles. The molecule has 0 radical (unpaired) electrons. The lowest BCUT2D eigenvalue weighted by molar-refractivity contribution is -0.136. The van der Waals surface area contributed by atoms with Gasteiger partial charge < -0.3 is 9.47 Å². The summed E-state index contributed by atoms with van der Waals surface area (Å²) in [5.41, 5.74) is 2.73. The molecule has 0 aromatic heterocycles. The molecule has 6 nitrogen and oxygen atoms in total. The molecule has 3 aromatic rings. The Morgan fingerprint density at radius 2 is 1.60 bits per heavy atom. The second-order valence-electron chi connectivity index (χ2n) is 10.3. The molecule has 1 aliphatic rings. The molecule has 0 fully saturated rings. The maximum atomic E-state index is 14.1. The zero-order valence-corrected chi connectivity index (χ0v) is 24.2. The van der Waals surface area contributed by atoms with Crippen molar-refractivity contribution in [3.05, 3.63) is 112 Å². The van der Waals surface area contributed by atoms with Crippen molar-refractivity contribution in [1.82, 2.24) is 0 Å². The summed E-state index contributed by atoms with van der Waals surface area (Å²) in [6.07, 6.45) is -0.597. The second kappa shape index (κ2) is 11.7. The quantitative estimate of drug-likeness (QED) is 0.218. The van der Waals surface area contributed by atoms with Gasteiger partial charge in [0.05, 0.1) is 28.4 Å². The Morgan fingerprint density at radius 1 is 0.950 bits per heavy atom. The van der Waals surface area contributed by atoms with Crippen molar-refractivity contribution in [3.8, 4) is 0 Å². The van der Waals surface area contributed by atoms with Crippen molar-refractivity contribution in [3.63, 3.8) is 0 Å². The highest BCUT2D eigenvalue weighted by atomic mass is 35.5. The van der Waals surface area contributed by atoms with Crippen LogP contribution in [0.4, 0.5) is 10.5 Å². The highest BCUT2D eigenvalue weighted by Crippen LogP contribution is 2.45. The van der Waals surface area contributed by atoms with Gasteiger partial charge in [0.25, 0.3) is 5.91 Å². The van der Waals surface area contributed by atoms with Gasteiger partial charge in [0.15, 0.2) is 0 Å². The molecule has 2 amide bonds. The maximum Gasteiger partial charge on any atom is 0.422 e. The van der Waals surface area contributed by atoms with E-state index in [4.69, 9.17) is 32.7 Å². The highest BCUT2D eigenvalue weighted by molar-refractivity contribution is 6.43. The molecule has 4 rings (SSSR count). The number of ether oxygens (including phenoxy) is 2. The number of imide groups is 1. The molecule has 206 valence electrons. The third-order valence-electron chi connectivity index (χ3n) is 6.45. The Labute approximate surface area is 243 Å². The molecule has 0 spiro atoms. The van der Waals surface area contributed by atoms with Crippen molar-refractivity contribution >= 4 is 58.0 Å². The summed E-state index contributed by atoms with van der Waals surface area (Å²) >= 11 is 12.5. The molecule has 0 saturated heterocycles. The van der Waals surface area contributed by atoms with Crippen LogP contribution in [0.15, 0.2) is 84.9 Å². The summed E-state index contributed by atoms with van der Waals surface area (Å²) in [5, 5.41) is 0.677. The molecule has 1 unspecified atom stereocenters. The Hall–Kier alpha value is -3.87. The number of benzene rings is 3. The van der Waals surface area contributed by atoms with Gasteiger partial charge in [-0.1, -0.05) is 84.4 Å². The molecular weight excluding hydrogens is 549 g/mol. The highest BCUT2D eigenvalue weighted by Gasteiger charge is 2.41. The average Bonchev–Trinajstić information content (AvgIpc) is 3.21. The maximum absolute atomic E-state index is 14.1. The Bertz CT molecular complexity index is 1520. The summed E-state index contributed by atoms with van der Waals surface area (Å²) in [7, 11) is 1.28. The molecular formula is C32H29Cl2NO5. The molecule has 1 heterocycles. The Balaban J connectivity index is 1.95. The SMILES string of the molecule is C=C(C(=O)OC)C(C/C(=C1/C(=O)N(C(=O)OC(C)(C)C)c2ccccc21)c1ccccc1)c1ccc(Cl)c(Cl)c1. The van der Waals surface area contributed by atoms with Crippen molar-refractivity contribution < 1.29 is 23.9 Å². The molecule has 0 aliphatic carbocycles. The zero-order valence-electron chi connectivity index (χ0n) is 22.7. The number of carbonyl (C=O) groups excluding carboxylic acids is 3. The van der Waals surface area contributed by atoms with Crippen molar-refractivity contribution in [2.24, 2.45) is 0 Å². The first-order chi connectivity index (χ1) is 18.9. The number of hydrogen-bond acceptors (Lipinski definition) is 5. The largest absolute Gasteiger partial charge is 0.466 e. The van der Waals surface area contributed by atoms with Gasteiger partial charge in [0.2, 0.25) is 0 Å². The van der Waals surface area contributed by atoms with Crippen LogP contribution in [0.1, 0.15) is 49.8 Å². The van der Waals surface area contributed by atoms with Gasteiger partial charge >= 0.3 is 12.1 Å². The van der Waals surface area contributed by atoms with E-state index in [1.54, 1.807) is 63.2 Å². The summed E-state index contributed by atoms with van der Waals surface area (Å²) in [6, 6.07) is 21.5. The lowest BCUT2D eigenvalue weighted by atomic mass is 9.81. The number of rotatable bonds is 6. The van der Waals surface area contributed by atoms with Crippen LogP contribution in [0.2, 0.25) is 10.0 Å². The van der Waals surface area contributed by atoms with Gasteiger partial charge in [-0.2, -0.15) is 0 Å². The van der Waals surface area contributed by atoms with E-state index in [-0.39, 0.29) is 12.0 Å². The number of methoxy groups -OCH3 is 1. The fourth-order valence-corrected chi connectivity index (χ4v) is 4.96. The number of para-hydroxylation sites is 1. The number of hydrogen-bond donors (Lipinski definition) is 0. The second-order valence-corrected chi connectivity index (χ2v) is 11.1. The van der Waals surface area contributed by atoms with E-state index in [0.29, 0.717) is 38.0 Å². The van der Waals surface area contributed by atoms with E-state index in [9.17, 15) is 14.4 Å². The van der Waals surface area contributed by atoms with E-state index >= 15 is 0 Å². The summed E-state index contributed by atoms with van der Waals surface area (Å²) < 4.78 is 10.6. The fourth-order valence-electron chi connectivity index (χ4n) is 4.65. The van der Waals surface area contributed by atoms with Crippen LogP contribution in [0.5, 0.6) is 0 Å². The standard InChI is InChI=1S/C32H29Cl2NO5/c1-19(30(37)39-5)23(21-15-16-25(33)26(34)17-21)18-24(20-11-7-6-8-12-20)28-22-13-9-10-14-27(22)35(29(28)36)31(38)40-32(2,3)4/h6-17,23H,1,18H2,2-5H3/b28-24-. The van der Waals surface area contributed by atoms with E-state index in [0.717, 1.165) is 10.5 Å². The predicted octanol–water partition coefficient (Wildman–Crippen LogP) is 8.09. The van der Waals surface area contributed by atoms with Crippen LogP contribution >= 0.6 is 23.2 Å². The van der Waals surface area contributed by atoms with Crippen LogP contribution < -0.4 is 4.90 Å². The average molecular weight is 578 g/mol. The molecule has 8 heteroatoms. The number of halogens is 2. The number of nitrogens with zero attached hydrogens (tertiary/aromatic N) is 1. The Kier molecular flexibility index (Phi) is 8.52. The van der Waals surface area contributed by atoms with Gasteiger partial charge in [0, 0.05) is 17.1 Å². The van der Waals surface area contributed by atoms with Crippen molar-refractivity contribution in [1.29, 1.82) is 0 Å². The smallest absolute Gasteiger partial charge is 0.422 e. The normalized spacial score (nSPS) is 14.8. The molecule has 0 N–H and O–H groups in total. The summed E-state index contributed by atoms with van der Waals surface area (Å²) in [4.78, 5) is 41.1. The lowest BCUT2D eigenvalue weighted by Crippen LogP contribution is -2.38. The van der Waals surface area contributed by atoms with Crippen LogP contribution in [0.25, 0.3) is 11.1 Å². The minimum Gasteiger partial charge on any atom is -0.466 e. The third kappa shape index (κ3) is 5.98. The van der Waals surface area contributed by atoms with Crippen LogP contribution in [0, 0.1) is 0 Å². The van der Waals surface area contributed by atoms with E-state index in [1.807, 2.05) is 30.3 Å². The van der Waals surface area contributed by atoms with Gasteiger partial charge in [-0.3, -0.25) is 4.79 Å². The first-order valence-electron chi connectivity index (χ1n) is 12.6. The van der Waals surface area contributed by atoms with Crippen LogP contribution in [-0.4, -0.2) is 30.7 Å². The molecule has 1 atom stereocenters. The molecule has 3 aromatic carbocycles. The number of anilines is 1. The van der Waals surface area contributed by atoms with E-state index in [1.165, 1.54) is 7.11 Å². The summed E-state index contributed by atoms with van der Waals surface area (Å²) in [5.74, 6) is -1.74. The van der Waals surface area contributed by atoms with Crippen LogP contribution in [-0.2, 0) is 19.1 Å². The van der Waals surface area contributed by atoms with Gasteiger partial charge in [-0.25, -0.2) is 14.5 Å².